The van der Waals surface area contributed by atoms with Crippen molar-refractivity contribution in [2.24, 2.45) is 0 Å². The highest BCUT2D eigenvalue weighted by Crippen LogP contribution is 2.19. The second-order valence-corrected chi connectivity index (χ2v) is 6.34. The van der Waals surface area contributed by atoms with E-state index in [1.165, 1.54) is 0 Å². The van der Waals surface area contributed by atoms with Crippen molar-refractivity contribution in [1.29, 1.82) is 0 Å². The Kier molecular flexibility index (Phi) is 7.21. The Balaban J connectivity index is 1.88. The van der Waals surface area contributed by atoms with Crippen LogP contribution in [0.15, 0.2) is 42.5 Å². The second kappa shape index (κ2) is 9.61. The number of ether oxygens (including phenoxy) is 1. The molecule has 5 heteroatoms. The fraction of sp³-hybridized carbons (Fsp3) is 0.333. The van der Waals surface area contributed by atoms with E-state index < -0.39 is 0 Å². The Hall–Kier alpha value is -2.82. The molecule has 0 unspecified atom stereocenters. The molecule has 2 amide bonds. The fourth-order valence-corrected chi connectivity index (χ4v) is 2.54. The van der Waals surface area contributed by atoms with Crippen molar-refractivity contribution in [1.82, 2.24) is 0 Å². The maximum Gasteiger partial charge on any atom is 0.262 e. The number of carbonyl (C=O) groups is 2. The van der Waals surface area contributed by atoms with Gasteiger partial charge in [0.05, 0.1) is 0 Å². The monoisotopic (exact) mass is 354 g/mol. The first-order chi connectivity index (χ1) is 12.5. The number of rotatable bonds is 8. The molecule has 0 aliphatic carbocycles. The van der Waals surface area contributed by atoms with E-state index in [2.05, 4.69) is 10.6 Å². The first kappa shape index (κ1) is 19.5. The molecule has 0 radical (unpaired) electrons. The molecule has 0 bridgehead atoms. The molecule has 0 aromatic heterocycles. The van der Waals surface area contributed by atoms with Crippen LogP contribution in [-0.2, 0) is 9.59 Å². The topological polar surface area (TPSA) is 67.4 Å². The molecule has 138 valence electrons. The predicted octanol–water partition coefficient (Wildman–Crippen LogP) is 4.45. The lowest BCUT2D eigenvalue weighted by molar-refractivity contribution is -0.118. The minimum Gasteiger partial charge on any atom is -0.483 e. The van der Waals surface area contributed by atoms with E-state index in [1.807, 2.05) is 39.0 Å². The van der Waals surface area contributed by atoms with Crippen molar-refractivity contribution in [3.8, 4) is 5.75 Å². The number of benzene rings is 2. The van der Waals surface area contributed by atoms with Crippen LogP contribution in [-0.4, -0.2) is 18.4 Å². The van der Waals surface area contributed by atoms with Gasteiger partial charge in [0.15, 0.2) is 6.61 Å². The van der Waals surface area contributed by atoms with Crippen LogP contribution in [0.5, 0.6) is 5.75 Å². The van der Waals surface area contributed by atoms with Gasteiger partial charge in [-0.25, -0.2) is 0 Å². The summed E-state index contributed by atoms with van der Waals surface area (Å²) in [6.07, 6.45) is 2.33. The zero-order valence-electron chi connectivity index (χ0n) is 15.6. The van der Waals surface area contributed by atoms with Crippen molar-refractivity contribution >= 4 is 23.2 Å². The summed E-state index contributed by atoms with van der Waals surface area (Å²) in [5.41, 5.74) is 3.43. The normalized spacial score (nSPS) is 10.3. The summed E-state index contributed by atoms with van der Waals surface area (Å²) in [6.45, 7) is 5.93. The number of aryl methyl sites for hydroxylation is 2. The molecule has 2 aromatic rings. The van der Waals surface area contributed by atoms with Crippen LogP contribution in [0.25, 0.3) is 0 Å². The Labute approximate surface area is 154 Å². The second-order valence-electron chi connectivity index (χ2n) is 6.34. The van der Waals surface area contributed by atoms with Gasteiger partial charge in [0.2, 0.25) is 5.91 Å². The van der Waals surface area contributed by atoms with Gasteiger partial charge in [0, 0.05) is 17.8 Å². The molecule has 0 fully saturated rings. The minimum absolute atomic E-state index is 0.0199. The number of nitrogens with one attached hydrogen (secondary N) is 2. The SMILES string of the molecule is CCCCC(=O)Nc1cccc(NC(=O)COc2ccc(C)cc2C)c1. The number of amides is 2. The predicted molar refractivity (Wildman–Crippen MR) is 105 cm³/mol. The van der Waals surface area contributed by atoms with E-state index in [0.717, 1.165) is 24.0 Å². The molecule has 0 saturated heterocycles. The average Bonchev–Trinajstić information content (AvgIpc) is 2.59. The lowest BCUT2D eigenvalue weighted by Crippen LogP contribution is -2.20. The van der Waals surface area contributed by atoms with Gasteiger partial charge in [-0.1, -0.05) is 37.1 Å². The van der Waals surface area contributed by atoms with Gasteiger partial charge in [-0.2, -0.15) is 0 Å². The molecule has 0 aliphatic rings. The van der Waals surface area contributed by atoms with Crippen LogP contribution in [0.2, 0.25) is 0 Å². The number of carbonyl (C=O) groups excluding carboxylic acids is 2. The molecule has 0 aliphatic heterocycles. The third-order valence-electron chi connectivity index (χ3n) is 3.88. The highest BCUT2D eigenvalue weighted by atomic mass is 16.5. The summed E-state index contributed by atoms with van der Waals surface area (Å²) in [5, 5.41) is 5.62. The average molecular weight is 354 g/mol. The molecular weight excluding hydrogens is 328 g/mol. The first-order valence-electron chi connectivity index (χ1n) is 8.87. The van der Waals surface area contributed by atoms with Gasteiger partial charge >= 0.3 is 0 Å². The van der Waals surface area contributed by atoms with Gasteiger partial charge in [-0.15, -0.1) is 0 Å². The van der Waals surface area contributed by atoms with Gasteiger partial charge in [-0.05, 0) is 50.1 Å². The molecule has 0 atom stereocenters. The maximum atomic E-state index is 12.1. The molecule has 2 rings (SSSR count). The van der Waals surface area contributed by atoms with Crippen molar-refractivity contribution < 1.29 is 14.3 Å². The van der Waals surface area contributed by atoms with Crippen LogP contribution in [0.4, 0.5) is 11.4 Å². The molecular formula is C21H26N2O3. The molecule has 5 nitrogen and oxygen atoms in total. The fourth-order valence-electron chi connectivity index (χ4n) is 2.54. The third kappa shape index (κ3) is 6.24. The van der Waals surface area contributed by atoms with Crippen LogP contribution in [0, 0.1) is 13.8 Å². The van der Waals surface area contributed by atoms with Crippen LogP contribution in [0.3, 0.4) is 0 Å². The molecule has 2 aromatic carbocycles. The number of unbranched alkanes of at least 4 members (excludes halogenated alkanes) is 1. The molecule has 0 spiro atoms. The van der Waals surface area contributed by atoms with Crippen molar-refractivity contribution in [3.05, 3.63) is 53.6 Å². The van der Waals surface area contributed by atoms with Gasteiger partial charge in [-0.3, -0.25) is 9.59 Å². The van der Waals surface area contributed by atoms with Gasteiger partial charge in [0.25, 0.3) is 5.91 Å². The van der Waals surface area contributed by atoms with E-state index in [9.17, 15) is 9.59 Å². The van der Waals surface area contributed by atoms with Crippen LogP contribution >= 0.6 is 0 Å². The minimum atomic E-state index is -0.251. The first-order valence-corrected chi connectivity index (χ1v) is 8.87. The van der Waals surface area contributed by atoms with E-state index >= 15 is 0 Å². The van der Waals surface area contributed by atoms with Gasteiger partial charge in [0.1, 0.15) is 5.75 Å². The maximum absolute atomic E-state index is 12.1. The zero-order chi connectivity index (χ0) is 18.9. The highest BCUT2D eigenvalue weighted by Gasteiger charge is 2.07. The van der Waals surface area contributed by atoms with Crippen LogP contribution < -0.4 is 15.4 Å². The number of hydrogen-bond acceptors (Lipinski definition) is 3. The van der Waals surface area contributed by atoms with Crippen LogP contribution in [0.1, 0.15) is 37.3 Å². The van der Waals surface area contributed by atoms with E-state index in [0.29, 0.717) is 23.5 Å². The Bertz CT molecular complexity index is 772. The highest BCUT2D eigenvalue weighted by molar-refractivity contribution is 5.94. The third-order valence-corrected chi connectivity index (χ3v) is 3.88. The Morgan fingerprint density at radius 1 is 0.962 bits per heavy atom. The molecule has 0 heterocycles. The number of hydrogen-bond donors (Lipinski definition) is 2. The van der Waals surface area contributed by atoms with Crippen molar-refractivity contribution in [2.45, 2.75) is 40.0 Å². The molecule has 26 heavy (non-hydrogen) atoms. The van der Waals surface area contributed by atoms with Crippen molar-refractivity contribution in [3.63, 3.8) is 0 Å². The van der Waals surface area contributed by atoms with Crippen molar-refractivity contribution in [2.75, 3.05) is 17.2 Å². The summed E-state index contributed by atoms with van der Waals surface area (Å²) in [5.74, 6) is 0.427. The lowest BCUT2D eigenvalue weighted by Gasteiger charge is -2.11. The summed E-state index contributed by atoms with van der Waals surface area (Å²) in [4.78, 5) is 23.9. The quantitative estimate of drug-likeness (QED) is 0.736. The Morgan fingerprint density at radius 3 is 2.31 bits per heavy atom. The lowest BCUT2D eigenvalue weighted by atomic mass is 10.1. The van der Waals surface area contributed by atoms with E-state index in [-0.39, 0.29) is 18.4 Å². The Morgan fingerprint density at radius 2 is 1.65 bits per heavy atom. The van der Waals surface area contributed by atoms with Gasteiger partial charge < -0.3 is 15.4 Å². The zero-order valence-corrected chi connectivity index (χ0v) is 15.6. The largest absolute Gasteiger partial charge is 0.483 e. The summed E-state index contributed by atoms with van der Waals surface area (Å²) >= 11 is 0. The number of anilines is 2. The molecule has 2 N–H and O–H groups in total. The summed E-state index contributed by atoms with van der Waals surface area (Å²) in [7, 11) is 0. The standard InChI is InChI=1S/C21H26N2O3/c1-4-5-9-20(24)22-17-7-6-8-18(13-17)23-21(25)14-26-19-11-10-15(2)12-16(19)3/h6-8,10-13H,4-5,9,14H2,1-3H3,(H,22,24)(H,23,25). The van der Waals surface area contributed by atoms with E-state index in [4.69, 9.17) is 4.74 Å². The molecule has 0 saturated carbocycles. The smallest absolute Gasteiger partial charge is 0.262 e. The summed E-state index contributed by atoms with van der Waals surface area (Å²) in [6, 6.07) is 12.9. The van der Waals surface area contributed by atoms with E-state index in [1.54, 1.807) is 24.3 Å². The summed E-state index contributed by atoms with van der Waals surface area (Å²) < 4.78 is 5.58.